The van der Waals surface area contributed by atoms with Crippen LogP contribution < -0.4 is 0 Å². The molecule has 3 N–H and O–H groups in total. The summed E-state index contributed by atoms with van der Waals surface area (Å²) < 4.78 is 10.8. The van der Waals surface area contributed by atoms with Gasteiger partial charge in [0.25, 0.3) is 0 Å². The molecular formula is C21H32N2O5. The number of ether oxygens (including phenoxy) is 2. The summed E-state index contributed by atoms with van der Waals surface area (Å²) >= 11 is 0. The summed E-state index contributed by atoms with van der Waals surface area (Å²) in [6.45, 7) is 7.93. The lowest BCUT2D eigenvalue weighted by Gasteiger charge is -2.44. The molecule has 2 heterocycles. The molecule has 7 nitrogen and oxygen atoms in total. The molecule has 0 amide bonds. The van der Waals surface area contributed by atoms with Gasteiger partial charge < -0.3 is 24.9 Å². The highest BCUT2D eigenvalue weighted by Crippen LogP contribution is 2.48. The van der Waals surface area contributed by atoms with Crippen molar-refractivity contribution >= 4 is 5.57 Å². The van der Waals surface area contributed by atoms with Gasteiger partial charge in [-0.2, -0.15) is 5.06 Å². The Bertz CT molecular complexity index is 717. The molecule has 0 saturated carbocycles. The molecule has 7 heteroatoms. The summed E-state index contributed by atoms with van der Waals surface area (Å²) in [5.74, 6) is 0.193. The fourth-order valence-electron chi connectivity index (χ4n) is 4.64. The van der Waals surface area contributed by atoms with Gasteiger partial charge in [0.05, 0.1) is 18.8 Å². The van der Waals surface area contributed by atoms with Crippen LogP contribution in [0.25, 0.3) is 5.57 Å². The van der Waals surface area contributed by atoms with E-state index in [-0.39, 0.29) is 12.5 Å². The van der Waals surface area contributed by atoms with Gasteiger partial charge in [0.1, 0.15) is 18.7 Å². The molecule has 1 aromatic carbocycles. The van der Waals surface area contributed by atoms with Crippen LogP contribution in [0.2, 0.25) is 0 Å². The van der Waals surface area contributed by atoms with Crippen molar-refractivity contribution in [2.45, 2.75) is 45.4 Å². The maximum Gasteiger partial charge on any atom is 0.140 e. The van der Waals surface area contributed by atoms with Crippen molar-refractivity contribution < 1.29 is 24.9 Å². The Kier molecular flexibility index (Phi) is 6.44. The first-order valence-corrected chi connectivity index (χ1v) is 9.79. The minimum atomic E-state index is -0.979. The van der Waals surface area contributed by atoms with Crippen LogP contribution in [0.4, 0.5) is 0 Å². The van der Waals surface area contributed by atoms with Crippen LogP contribution in [0.15, 0.2) is 17.9 Å². The first-order chi connectivity index (χ1) is 13.3. The molecule has 1 atom stereocenters. The van der Waals surface area contributed by atoms with Crippen LogP contribution >= 0.6 is 0 Å². The van der Waals surface area contributed by atoms with Gasteiger partial charge in [0, 0.05) is 25.8 Å². The van der Waals surface area contributed by atoms with Crippen LogP contribution in [0, 0.1) is 20.8 Å². The Hall–Kier alpha value is -1.48. The standard InChI is InChI=1S/C21H32N2O5/c1-14-11-15(2)17(16(3)12-14)18-19(24)21(5-7-22(26)8-6-21)23(20(18)25)13-28-10-9-27-4/h11-12,20,24-26H,5-10,13H2,1-4H3. The van der Waals surface area contributed by atoms with Crippen molar-refractivity contribution in [3.8, 4) is 0 Å². The molecule has 1 aromatic rings. The van der Waals surface area contributed by atoms with E-state index in [4.69, 9.17) is 9.47 Å². The molecule has 0 aliphatic carbocycles. The zero-order valence-corrected chi connectivity index (χ0v) is 17.2. The van der Waals surface area contributed by atoms with Gasteiger partial charge in [-0.05, 0) is 50.3 Å². The molecule has 3 rings (SSSR count). The minimum Gasteiger partial charge on any atom is -0.510 e. The number of aliphatic hydroxyl groups is 2. The predicted molar refractivity (Wildman–Crippen MR) is 106 cm³/mol. The van der Waals surface area contributed by atoms with Crippen molar-refractivity contribution in [3.05, 3.63) is 40.1 Å². The molecule has 156 valence electrons. The first kappa shape index (κ1) is 21.2. The molecule has 1 saturated heterocycles. The molecule has 0 aromatic heterocycles. The zero-order valence-electron chi connectivity index (χ0n) is 17.2. The quantitative estimate of drug-likeness (QED) is 0.641. The fourth-order valence-corrected chi connectivity index (χ4v) is 4.64. The summed E-state index contributed by atoms with van der Waals surface area (Å²) in [5.41, 5.74) is 3.89. The van der Waals surface area contributed by atoms with Crippen LogP contribution in [-0.4, -0.2) is 77.3 Å². The third kappa shape index (κ3) is 3.70. The monoisotopic (exact) mass is 392 g/mol. The van der Waals surface area contributed by atoms with Crippen LogP contribution in [0.1, 0.15) is 35.1 Å². The summed E-state index contributed by atoms with van der Waals surface area (Å²) in [4.78, 5) is 1.82. The molecule has 2 aliphatic heterocycles. The van der Waals surface area contributed by atoms with E-state index in [1.165, 1.54) is 5.06 Å². The van der Waals surface area contributed by atoms with E-state index in [0.717, 1.165) is 22.3 Å². The number of benzene rings is 1. The van der Waals surface area contributed by atoms with Gasteiger partial charge in [0.15, 0.2) is 0 Å². The molecule has 28 heavy (non-hydrogen) atoms. The summed E-state index contributed by atoms with van der Waals surface area (Å²) in [5, 5.41) is 33.7. The highest BCUT2D eigenvalue weighted by atomic mass is 16.5. The number of rotatable bonds is 6. The third-order valence-corrected chi connectivity index (χ3v) is 5.97. The molecule has 2 aliphatic rings. The van der Waals surface area contributed by atoms with Crippen molar-refractivity contribution in [2.24, 2.45) is 0 Å². The van der Waals surface area contributed by atoms with Gasteiger partial charge in [-0.3, -0.25) is 0 Å². The van der Waals surface area contributed by atoms with Crippen molar-refractivity contribution in [1.82, 2.24) is 9.96 Å². The maximum absolute atomic E-state index is 11.4. The highest BCUT2D eigenvalue weighted by Gasteiger charge is 2.54. The molecule has 0 radical (unpaired) electrons. The van der Waals surface area contributed by atoms with Crippen molar-refractivity contribution in [3.63, 3.8) is 0 Å². The van der Waals surface area contributed by atoms with E-state index >= 15 is 0 Å². The summed E-state index contributed by atoms with van der Waals surface area (Å²) in [6, 6.07) is 4.13. The van der Waals surface area contributed by atoms with Crippen LogP contribution in [-0.2, 0) is 9.47 Å². The van der Waals surface area contributed by atoms with Crippen molar-refractivity contribution in [1.29, 1.82) is 0 Å². The Labute approximate surface area is 166 Å². The lowest BCUT2D eigenvalue weighted by molar-refractivity contribution is -0.157. The van der Waals surface area contributed by atoms with Gasteiger partial charge in [-0.25, -0.2) is 4.90 Å². The smallest absolute Gasteiger partial charge is 0.140 e. The molecule has 0 bridgehead atoms. The van der Waals surface area contributed by atoms with E-state index in [0.29, 0.717) is 44.7 Å². The number of piperidine rings is 1. The van der Waals surface area contributed by atoms with E-state index in [2.05, 4.69) is 12.1 Å². The average molecular weight is 392 g/mol. The minimum absolute atomic E-state index is 0.174. The van der Waals surface area contributed by atoms with E-state index in [1.54, 1.807) is 7.11 Å². The van der Waals surface area contributed by atoms with Gasteiger partial charge in [0.2, 0.25) is 0 Å². The zero-order chi connectivity index (χ0) is 20.5. The van der Waals surface area contributed by atoms with Crippen molar-refractivity contribution in [2.75, 3.05) is 40.1 Å². The number of hydroxylamine groups is 2. The predicted octanol–water partition coefficient (Wildman–Crippen LogP) is 2.36. The number of aliphatic hydroxyl groups excluding tert-OH is 2. The Morgan fingerprint density at radius 1 is 1.11 bits per heavy atom. The summed E-state index contributed by atoms with van der Waals surface area (Å²) in [6.07, 6.45) is 0.0361. The third-order valence-electron chi connectivity index (χ3n) is 5.97. The second kappa shape index (κ2) is 8.49. The second-order valence-corrected chi connectivity index (χ2v) is 7.89. The van der Waals surface area contributed by atoms with Gasteiger partial charge >= 0.3 is 0 Å². The normalized spacial score (nSPS) is 23.1. The molecule has 1 unspecified atom stereocenters. The number of nitrogens with zero attached hydrogens (tertiary/aromatic N) is 2. The average Bonchev–Trinajstić information content (AvgIpc) is 2.82. The van der Waals surface area contributed by atoms with E-state index < -0.39 is 11.8 Å². The molecule has 1 spiro atoms. The maximum atomic E-state index is 11.4. The SMILES string of the molecule is COCCOCN1C(O)C(c2c(C)cc(C)cc2C)=C(O)C12CCN(O)CC2. The topological polar surface area (TPSA) is 85.6 Å². The number of aryl methyl sites for hydroxylation is 3. The molecular weight excluding hydrogens is 360 g/mol. The largest absolute Gasteiger partial charge is 0.510 e. The first-order valence-electron chi connectivity index (χ1n) is 9.79. The summed E-state index contributed by atoms with van der Waals surface area (Å²) in [7, 11) is 1.61. The fraction of sp³-hybridized carbons (Fsp3) is 0.619. The van der Waals surface area contributed by atoms with E-state index in [9.17, 15) is 15.4 Å². The number of hydrogen-bond acceptors (Lipinski definition) is 7. The van der Waals surface area contributed by atoms with Crippen LogP contribution in [0.5, 0.6) is 0 Å². The second-order valence-electron chi connectivity index (χ2n) is 7.89. The van der Waals surface area contributed by atoms with Gasteiger partial charge in [-0.15, -0.1) is 0 Å². The Balaban J connectivity index is 2.01. The highest BCUT2D eigenvalue weighted by molar-refractivity contribution is 5.78. The Morgan fingerprint density at radius 2 is 1.71 bits per heavy atom. The lowest BCUT2D eigenvalue weighted by Crippen LogP contribution is -2.56. The van der Waals surface area contributed by atoms with E-state index in [1.807, 2.05) is 25.7 Å². The Morgan fingerprint density at radius 3 is 2.29 bits per heavy atom. The molecule has 1 fully saturated rings. The number of methoxy groups -OCH3 is 1. The number of hydrogen-bond donors (Lipinski definition) is 3. The van der Waals surface area contributed by atoms with Crippen LogP contribution in [0.3, 0.4) is 0 Å². The lowest BCUT2D eigenvalue weighted by atomic mass is 9.84. The van der Waals surface area contributed by atoms with Gasteiger partial charge in [-0.1, -0.05) is 17.7 Å².